The van der Waals surface area contributed by atoms with Crippen LogP contribution in [0.1, 0.15) is 5.56 Å². The zero-order valence-electron chi connectivity index (χ0n) is 7.88. The lowest BCUT2D eigenvalue weighted by atomic mass is 10.2. The SMILES string of the molecule is Cn1ncnc1-c1ccc(CN)cn1. The van der Waals surface area contributed by atoms with Crippen molar-refractivity contribution in [2.75, 3.05) is 0 Å². The van der Waals surface area contributed by atoms with Crippen molar-refractivity contribution in [2.45, 2.75) is 6.54 Å². The molecule has 72 valence electrons. The van der Waals surface area contributed by atoms with E-state index < -0.39 is 0 Å². The molecule has 0 unspecified atom stereocenters. The smallest absolute Gasteiger partial charge is 0.176 e. The molecule has 0 fully saturated rings. The first-order chi connectivity index (χ1) is 6.81. The molecule has 0 saturated carbocycles. The highest BCUT2D eigenvalue weighted by molar-refractivity contribution is 5.48. The number of pyridine rings is 1. The maximum absolute atomic E-state index is 5.48. The summed E-state index contributed by atoms with van der Waals surface area (Å²) in [6, 6.07) is 3.84. The molecule has 2 N–H and O–H groups in total. The van der Waals surface area contributed by atoms with Crippen molar-refractivity contribution in [2.24, 2.45) is 12.8 Å². The van der Waals surface area contributed by atoms with Crippen LogP contribution in [-0.4, -0.2) is 19.7 Å². The zero-order valence-corrected chi connectivity index (χ0v) is 7.88. The van der Waals surface area contributed by atoms with Gasteiger partial charge in [-0.15, -0.1) is 0 Å². The molecule has 2 aromatic heterocycles. The molecule has 0 atom stereocenters. The summed E-state index contributed by atoms with van der Waals surface area (Å²) in [6.07, 6.45) is 3.26. The van der Waals surface area contributed by atoms with E-state index in [0.29, 0.717) is 6.54 Å². The van der Waals surface area contributed by atoms with Crippen LogP contribution in [0.25, 0.3) is 11.5 Å². The van der Waals surface area contributed by atoms with Gasteiger partial charge in [-0.25, -0.2) is 9.67 Å². The van der Waals surface area contributed by atoms with E-state index in [1.54, 1.807) is 10.9 Å². The topological polar surface area (TPSA) is 69.6 Å². The highest BCUT2D eigenvalue weighted by Crippen LogP contribution is 2.12. The summed E-state index contributed by atoms with van der Waals surface area (Å²) in [5, 5.41) is 3.98. The molecule has 0 amide bonds. The van der Waals surface area contributed by atoms with Crippen LogP contribution in [0.15, 0.2) is 24.7 Å². The maximum Gasteiger partial charge on any atom is 0.176 e. The van der Waals surface area contributed by atoms with Gasteiger partial charge in [-0.2, -0.15) is 5.10 Å². The van der Waals surface area contributed by atoms with Crippen LogP contribution in [0.2, 0.25) is 0 Å². The lowest BCUT2D eigenvalue weighted by Crippen LogP contribution is -1.99. The van der Waals surface area contributed by atoms with Crippen LogP contribution in [0.4, 0.5) is 0 Å². The fourth-order valence-corrected chi connectivity index (χ4v) is 1.21. The summed E-state index contributed by atoms with van der Waals surface area (Å²) in [7, 11) is 1.83. The van der Waals surface area contributed by atoms with Gasteiger partial charge in [0, 0.05) is 19.8 Å². The largest absolute Gasteiger partial charge is 0.326 e. The van der Waals surface area contributed by atoms with Crippen molar-refractivity contribution in [1.82, 2.24) is 19.7 Å². The normalized spacial score (nSPS) is 10.4. The number of nitrogens with two attached hydrogens (primary N) is 1. The number of hydrogen-bond acceptors (Lipinski definition) is 4. The van der Waals surface area contributed by atoms with Crippen molar-refractivity contribution in [3.63, 3.8) is 0 Å². The van der Waals surface area contributed by atoms with Gasteiger partial charge >= 0.3 is 0 Å². The average Bonchev–Trinajstić information content (AvgIpc) is 2.65. The number of nitrogens with zero attached hydrogens (tertiary/aromatic N) is 4. The maximum atomic E-state index is 5.48. The van der Waals surface area contributed by atoms with Crippen LogP contribution < -0.4 is 5.73 Å². The molecule has 0 bridgehead atoms. The molecule has 0 aromatic carbocycles. The van der Waals surface area contributed by atoms with Crippen LogP contribution in [0, 0.1) is 0 Å². The third-order valence-electron chi connectivity index (χ3n) is 2.00. The summed E-state index contributed by atoms with van der Waals surface area (Å²) in [5.74, 6) is 0.758. The van der Waals surface area contributed by atoms with Gasteiger partial charge in [-0.05, 0) is 11.6 Å². The van der Waals surface area contributed by atoms with E-state index in [-0.39, 0.29) is 0 Å². The van der Waals surface area contributed by atoms with Crippen LogP contribution in [0.3, 0.4) is 0 Å². The van der Waals surface area contributed by atoms with Crippen molar-refractivity contribution in [3.8, 4) is 11.5 Å². The minimum atomic E-state index is 0.506. The molecule has 0 aliphatic heterocycles. The van der Waals surface area contributed by atoms with Crippen molar-refractivity contribution in [1.29, 1.82) is 0 Å². The molecular weight excluding hydrogens is 178 g/mol. The fraction of sp³-hybridized carbons (Fsp3) is 0.222. The predicted octanol–water partition coefficient (Wildman–Crippen LogP) is 0.336. The molecule has 0 aliphatic rings. The van der Waals surface area contributed by atoms with E-state index in [9.17, 15) is 0 Å². The fourth-order valence-electron chi connectivity index (χ4n) is 1.21. The second kappa shape index (κ2) is 3.55. The Labute approximate surface area is 81.6 Å². The number of hydrogen-bond donors (Lipinski definition) is 1. The zero-order chi connectivity index (χ0) is 9.97. The Hall–Kier alpha value is -1.75. The van der Waals surface area contributed by atoms with Gasteiger partial charge < -0.3 is 5.73 Å². The van der Waals surface area contributed by atoms with Gasteiger partial charge in [0.25, 0.3) is 0 Å². The van der Waals surface area contributed by atoms with E-state index in [1.165, 1.54) is 6.33 Å². The quantitative estimate of drug-likeness (QED) is 0.739. The molecule has 0 aliphatic carbocycles. The van der Waals surface area contributed by atoms with E-state index in [1.807, 2.05) is 19.2 Å². The summed E-state index contributed by atoms with van der Waals surface area (Å²) >= 11 is 0. The highest BCUT2D eigenvalue weighted by atomic mass is 15.3. The minimum absolute atomic E-state index is 0.506. The standard InChI is InChI=1S/C9H11N5/c1-14-9(12-6-13-14)8-3-2-7(4-10)5-11-8/h2-3,5-6H,4,10H2,1H3. The Balaban J connectivity index is 2.39. The Morgan fingerprint density at radius 3 is 2.71 bits per heavy atom. The summed E-state index contributed by atoms with van der Waals surface area (Å²) < 4.78 is 1.68. The van der Waals surface area contributed by atoms with Crippen molar-refractivity contribution < 1.29 is 0 Å². The first kappa shape index (κ1) is 8.83. The number of rotatable bonds is 2. The van der Waals surface area contributed by atoms with Crippen molar-refractivity contribution in [3.05, 3.63) is 30.2 Å². The molecule has 2 heterocycles. The van der Waals surface area contributed by atoms with Gasteiger partial charge in [0.05, 0.1) is 0 Å². The minimum Gasteiger partial charge on any atom is -0.326 e. The molecule has 0 radical (unpaired) electrons. The third kappa shape index (κ3) is 1.49. The molecule has 0 saturated heterocycles. The molecule has 2 aromatic rings. The number of aromatic nitrogens is 4. The first-order valence-corrected chi connectivity index (χ1v) is 4.30. The van der Waals surface area contributed by atoms with Gasteiger partial charge in [-0.1, -0.05) is 6.07 Å². The first-order valence-electron chi connectivity index (χ1n) is 4.30. The second-order valence-corrected chi connectivity index (χ2v) is 2.96. The molecule has 5 heteroatoms. The lowest BCUT2D eigenvalue weighted by molar-refractivity contribution is 0.771. The molecule has 5 nitrogen and oxygen atoms in total. The Bertz CT molecular complexity index is 417. The third-order valence-corrected chi connectivity index (χ3v) is 2.00. The van der Waals surface area contributed by atoms with E-state index >= 15 is 0 Å². The van der Waals surface area contributed by atoms with Gasteiger partial charge in [0.15, 0.2) is 5.82 Å². The van der Waals surface area contributed by atoms with Gasteiger partial charge in [-0.3, -0.25) is 4.98 Å². The monoisotopic (exact) mass is 189 g/mol. The average molecular weight is 189 g/mol. The summed E-state index contributed by atoms with van der Waals surface area (Å²) in [4.78, 5) is 8.35. The highest BCUT2D eigenvalue weighted by Gasteiger charge is 2.04. The second-order valence-electron chi connectivity index (χ2n) is 2.96. The summed E-state index contributed by atoms with van der Waals surface area (Å²) in [5.41, 5.74) is 7.29. The van der Waals surface area contributed by atoms with E-state index in [2.05, 4.69) is 15.1 Å². The van der Waals surface area contributed by atoms with Crippen molar-refractivity contribution >= 4 is 0 Å². The van der Waals surface area contributed by atoms with E-state index in [4.69, 9.17) is 5.73 Å². The number of aryl methyl sites for hydroxylation is 1. The molecular formula is C9H11N5. The van der Waals surface area contributed by atoms with Gasteiger partial charge in [0.1, 0.15) is 12.0 Å². The Kier molecular flexibility index (Phi) is 2.24. The Morgan fingerprint density at radius 2 is 2.21 bits per heavy atom. The molecule has 2 rings (SSSR count). The molecule has 14 heavy (non-hydrogen) atoms. The lowest BCUT2D eigenvalue weighted by Gasteiger charge is -2.00. The van der Waals surface area contributed by atoms with Crippen LogP contribution >= 0.6 is 0 Å². The van der Waals surface area contributed by atoms with Crippen LogP contribution in [0.5, 0.6) is 0 Å². The van der Waals surface area contributed by atoms with Gasteiger partial charge in [0.2, 0.25) is 0 Å². The Morgan fingerprint density at radius 1 is 1.36 bits per heavy atom. The predicted molar refractivity (Wildman–Crippen MR) is 52.1 cm³/mol. The van der Waals surface area contributed by atoms with E-state index in [0.717, 1.165) is 17.1 Å². The molecule has 0 spiro atoms. The van der Waals surface area contributed by atoms with Crippen LogP contribution in [-0.2, 0) is 13.6 Å². The summed E-state index contributed by atoms with van der Waals surface area (Å²) in [6.45, 7) is 0.506.